The number of rotatable bonds is 3. The van der Waals surface area contributed by atoms with E-state index in [0.717, 1.165) is 41.2 Å². The Bertz CT molecular complexity index is 907. The van der Waals surface area contributed by atoms with Crippen molar-refractivity contribution in [2.75, 3.05) is 42.3 Å². The largest absolute Gasteiger partial charge is 0.393 e. The van der Waals surface area contributed by atoms with Crippen LogP contribution in [0.4, 0.5) is 23.0 Å². The molecule has 0 bridgehead atoms. The lowest BCUT2D eigenvalue weighted by atomic mass is 10.1. The van der Waals surface area contributed by atoms with Gasteiger partial charge in [-0.15, -0.1) is 0 Å². The summed E-state index contributed by atoms with van der Waals surface area (Å²) in [5, 5.41) is 4.37. The number of ether oxygens (including phenoxy) is 1. The van der Waals surface area contributed by atoms with Gasteiger partial charge in [-0.05, 0) is 31.2 Å². The summed E-state index contributed by atoms with van der Waals surface area (Å²) in [5.41, 5.74) is 9.73. The first kappa shape index (κ1) is 15.6. The van der Waals surface area contributed by atoms with E-state index in [2.05, 4.69) is 31.2 Å². The molecule has 0 radical (unpaired) electrons. The van der Waals surface area contributed by atoms with Crippen LogP contribution in [-0.2, 0) is 4.74 Å². The van der Waals surface area contributed by atoms with Crippen molar-refractivity contribution in [1.29, 1.82) is 0 Å². The maximum Gasteiger partial charge on any atom is 0.159 e. The van der Waals surface area contributed by atoms with E-state index >= 15 is 0 Å². The predicted molar refractivity (Wildman–Crippen MR) is 99.2 cm³/mol. The van der Waals surface area contributed by atoms with E-state index in [0.29, 0.717) is 24.7 Å². The van der Waals surface area contributed by atoms with Gasteiger partial charge in [-0.25, -0.2) is 9.97 Å². The van der Waals surface area contributed by atoms with Crippen molar-refractivity contribution in [3.05, 3.63) is 42.4 Å². The SMILES string of the molecule is Cc1ccc2c(Nc3ncnc(N4CCOCC4)c3N)cccc2n1. The zero-order valence-electron chi connectivity index (χ0n) is 14.1. The minimum absolute atomic E-state index is 0.543. The molecule has 128 valence electrons. The third kappa shape index (κ3) is 3.06. The summed E-state index contributed by atoms with van der Waals surface area (Å²) in [6.07, 6.45) is 1.54. The Kier molecular flexibility index (Phi) is 4.07. The number of hydrogen-bond donors (Lipinski definition) is 2. The number of morpholine rings is 1. The Labute approximate surface area is 145 Å². The second kappa shape index (κ2) is 6.52. The number of nitrogen functional groups attached to an aromatic ring is 1. The number of fused-ring (bicyclic) bond motifs is 1. The fraction of sp³-hybridized carbons (Fsp3) is 0.278. The molecule has 0 unspecified atom stereocenters. The highest BCUT2D eigenvalue weighted by atomic mass is 16.5. The lowest BCUT2D eigenvalue weighted by Gasteiger charge is -2.29. The van der Waals surface area contributed by atoms with Gasteiger partial charge >= 0.3 is 0 Å². The minimum atomic E-state index is 0.543. The van der Waals surface area contributed by atoms with Gasteiger partial charge in [0.1, 0.15) is 12.0 Å². The summed E-state index contributed by atoms with van der Waals surface area (Å²) in [6, 6.07) is 10.0. The average molecular weight is 336 g/mol. The first-order chi connectivity index (χ1) is 12.2. The molecule has 1 aromatic carbocycles. The molecule has 3 aromatic rings. The molecule has 0 saturated carbocycles. The molecular formula is C18H20N6O. The van der Waals surface area contributed by atoms with Gasteiger partial charge in [0.25, 0.3) is 0 Å². The standard InChI is InChI=1S/C18H20N6O/c1-12-5-6-13-14(22-12)3-2-4-15(13)23-17-16(19)18(21-11-20-17)24-7-9-25-10-8-24/h2-6,11H,7-10,19H2,1H3,(H,20,21,23). The van der Waals surface area contributed by atoms with Crippen LogP contribution in [0.1, 0.15) is 5.69 Å². The number of aryl methyl sites for hydroxylation is 1. The van der Waals surface area contributed by atoms with Crippen LogP contribution >= 0.6 is 0 Å². The molecule has 3 heterocycles. The van der Waals surface area contributed by atoms with Crippen LogP contribution in [0.25, 0.3) is 10.9 Å². The molecule has 1 aliphatic heterocycles. The van der Waals surface area contributed by atoms with Gasteiger partial charge in [-0.3, -0.25) is 4.98 Å². The van der Waals surface area contributed by atoms with E-state index in [1.165, 1.54) is 6.33 Å². The number of pyridine rings is 1. The number of anilines is 4. The number of nitrogens with one attached hydrogen (secondary N) is 1. The molecule has 4 rings (SSSR count). The van der Waals surface area contributed by atoms with E-state index < -0.39 is 0 Å². The monoisotopic (exact) mass is 336 g/mol. The fourth-order valence-corrected chi connectivity index (χ4v) is 3.01. The number of benzene rings is 1. The zero-order valence-corrected chi connectivity index (χ0v) is 14.1. The molecule has 3 N–H and O–H groups in total. The third-order valence-corrected chi connectivity index (χ3v) is 4.30. The normalized spacial score (nSPS) is 14.7. The Balaban J connectivity index is 1.69. The Morgan fingerprint density at radius 2 is 1.96 bits per heavy atom. The van der Waals surface area contributed by atoms with Crippen molar-refractivity contribution in [2.45, 2.75) is 6.92 Å². The number of aromatic nitrogens is 3. The molecule has 1 aliphatic rings. The van der Waals surface area contributed by atoms with Crippen molar-refractivity contribution in [3.8, 4) is 0 Å². The third-order valence-electron chi connectivity index (χ3n) is 4.30. The molecule has 1 fully saturated rings. The van der Waals surface area contributed by atoms with Crippen molar-refractivity contribution in [2.24, 2.45) is 0 Å². The molecule has 25 heavy (non-hydrogen) atoms. The average Bonchev–Trinajstić information content (AvgIpc) is 2.64. The van der Waals surface area contributed by atoms with Crippen LogP contribution in [-0.4, -0.2) is 41.3 Å². The molecule has 0 aliphatic carbocycles. The van der Waals surface area contributed by atoms with Crippen molar-refractivity contribution in [3.63, 3.8) is 0 Å². The number of hydrogen-bond acceptors (Lipinski definition) is 7. The lowest BCUT2D eigenvalue weighted by Crippen LogP contribution is -2.37. The highest BCUT2D eigenvalue weighted by Crippen LogP contribution is 2.31. The quantitative estimate of drug-likeness (QED) is 0.759. The zero-order chi connectivity index (χ0) is 17.2. The van der Waals surface area contributed by atoms with Crippen molar-refractivity contribution in [1.82, 2.24) is 15.0 Å². The van der Waals surface area contributed by atoms with E-state index in [1.54, 1.807) is 0 Å². The van der Waals surface area contributed by atoms with Gasteiger partial charge in [0, 0.05) is 29.9 Å². The second-order valence-electron chi connectivity index (χ2n) is 6.01. The van der Waals surface area contributed by atoms with Crippen LogP contribution in [0.3, 0.4) is 0 Å². The van der Waals surface area contributed by atoms with Crippen LogP contribution in [0, 0.1) is 6.92 Å². The molecule has 0 atom stereocenters. The van der Waals surface area contributed by atoms with Gasteiger partial charge < -0.3 is 20.7 Å². The maximum atomic E-state index is 6.34. The first-order valence-electron chi connectivity index (χ1n) is 8.29. The Morgan fingerprint density at radius 1 is 1.12 bits per heavy atom. The molecule has 1 saturated heterocycles. The minimum Gasteiger partial charge on any atom is -0.393 e. The number of nitrogens with two attached hydrogens (primary N) is 1. The van der Waals surface area contributed by atoms with Crippen LogP contribution < -0.4 is 16.0 Å². The molecule has 2 aromatic heterocycles. The van der Waals surface area contributed by atoms with Crippen LogP contribution in [0.5, 0.6) is 0 Å². The van der Waals surface area contributed by atoms with Crippen LogP contribution in [0.2, 0.25) is 0 Å². The van der Waals surface area contributed by atoms with Gasteiger partial charge in [0.2, 0.25) is 0 Å². The summed E-state index contributed by atoms with van der Waals surface area (Å²) < 4.78 is 5.40. The van der Waals surface area contributed by atoms with Gasteiger partial charge in [0.15, 0.2) is 11.6 Å². The predicted octanol–water partition coefficient (Wildman–Crippen LogP) is 2.50. The second-order valence-corrected chi connectivity index (χ2v) is 6.01. The topological polar surface area (TPSA) is 89.2 Å². The molecular weight excluding hydrogens is 316 g/mol. The lowest BCUT2D eigenvalue weighted by molar-refractivity contribution is 0.122. The summed E-state index contributed by atoms with van der Waals surface area (Å²) >= 11 is 0. The van der Waals surface area contributed by atoms with E-state index in [4.69, 9.17) is 10.5 Å². The van der Waals surface area contributed by atoms with Gasteiger partial charge in [0.05, 0.1) is 18.7 Å². The van der Waals surface area contributed by atoms with E-state index in [9.17, 15) is 0 Å². The van der Waals surface area contributed by atoms with Gasteiger partial charge in [-0.1, -0.05) is 6.07 Å². The van der Waals surface area contributed by atoms with Crippen molar-refractivity contribution >= 4 is 33.9 Å². The van der Waals surface area contributed by atoms with Crippen molar-refractivity contribution < 1.29 is 4.74 Å². The summed E-state index contributed by atoms with van der Waals surface area (Å²) in [5.74, 6) is 1.35. The summed E-state index contributed by atoms with van der Waals surface area (Å²) in [6.45, 7) is 4.90. The highest BCUT2D eigenvalue weighted by molar-refractivity contribution is 5.94. The summed E-state index contributed by atoms with van der Waals surface area (Å²) in [7, 11) is 0. The fourth-order valence-electron chi connectivity index (χ4n) is 3.01. The first-order valence-corrected chi connectivity index (χ1v) is 8.29. The molecule has 0 amide bonds. The molecule has 7 heteroatoms. The van der Waals surface area contributed by atoms with E-state index in [1.807, 2.05) is 31.2 Å². The summed E-state index contributed by atoms with van der Waals surface area (Å²) in [4.78, 5) is 15.4. The van der Waals surface area contributed by atoms with Crippen LogP contribution in [0.15, 0.2) is 36.7 Å². The maximum absolute atomic E-state index is 6.34. The van der Waals surface area contributed by atoms with E-state index in [-0.39, 0.29) is 0 Å². The Morgan fingerprint density at radius 3 is 2.80 bits per heavy atom. The molecule has 7 nitrogen and oxygen atoms in total. The van der Waals surface area contributed by atoms with Gasteiger partial charge in [-0.2, -0.15) is 0 Å². The Hall–Kier alpha value is -2.93. The molecule has 0 spiro atoms. The smallest absolute Gasteiger partial charge is 0.159 e. The number of nitrogens with zero attached hydrogens (tertiary/aromatic N) is 4. The highest BCUT2D eigenvalue weighted by Gasteiger charge is 2.18.